The van der Waals surface area contributed by atoms with Gasteiger partial charge in [-0.15, -0.1) is 0 Å². The van der Waals surface area contributed by atoms with Gasteiger partial charge in [-0.05, 0) is 24.6 Å². The molecule has 0 aliphatic carbocycles. The zero-order valence-electron chi connectivity index (χ0n) is 16.5. The summed E-state index contributed by atoms with van der Waals surface area (Å²) in [6, 6.07) is 4.62. The summed E-state index contributed by atoms with van der Waals surface area (Å²) in [4.78, 5) is 27.9. The molecule has 1 atom stereocenters. The fourth-order valence-electron chi connectivity index (χ4n) is 3.80. The number of Topliss-reactive ketones (excluding diaryl/α,β-unsaturated/α-hetero) is 1. The summed E-state index contributed by atoms with van der Waals surface area (Å²) < 4.78 is 16.0. The molecule has 1 aromatic carbocycles. The number of amides is 1. The number of hydrogen-bond acceptors (Lipinski definition) is 6. The van der Waals surface area contributed by atoms with E-state index in [1.165, 1.54) is 18.9 Å². The van der Waals surface area contributed by atoms with Gasteiger partial charge in [-0.25, -0.2) is 0 Å². The largest absolute Gasteiger partial charge is 0.503 e. The highest BCUT2D eigenvalue weighted by atomic mass is 16.5. The SMILES string of the molecule is COc1ccc([C@H]2C(C(C)=O)=C(O)C(=O)N2CC[NH+]2CCOCC2)cc1OC. The number of aliphatic hydroxyl groups excluding tert-OH is 1. The Labute approximate surface area is 164 Å². The molecule has 2 aliphatic heterocycles. The van der Waals surface area contributed by atoms with Crippen LogP contribution in [0.2, 0.25) is 0 Å². The summed E-state index contributed by atoms with van der Waals surface area (Å²) in [6.45, 7) is 5.66. The number of morpholine rings is 1. The number of nitrogens with zero attached hydrogens (tertiary/aromatic N) is 1. The van der Waals surface area contributed by atoms with Crippen LogP contribution in [-0.4, -0.2) is 75.3 Å². The molecule has 8 heteroatoms. The van der Waals surface area contributed by atoms with Gasteiger partial charge in [0.1, 0.15) is 13.1 Å². The Morgan fingerprint density at radius 3 is 2.54 bits per heavy atom. The van der Waals surface area contributed by atoms with E-state index in [0.29, 0.717) is 36.8 Å². The van der Waals surface area contributed by atoms with Gasteiger partial charge in [0.25, 0.3) is 5.91 Å². The van der Waals surface area contributed by atoms with Gasteiger partial charge in [0.2, 0.25) is 0 Å². The van der Waals surface area contributed by atoms with Gasteiger partial charge < -0.3 is 29.1 Å². The molecule has 1 aromatic rings. The molecular weight excluding hydrogens is 364 g/mol. The molecule has 1 fully saturated rings. The van der Waals surface area contributed by atoms with E-state index in [2.05, 4.69) is 0 Å². The third-order valence-corrected chi connectivity index (χ3v) is 5.31. The van der Waals surface area contributed by atoms with Crippen molar-refractivity contribution in [1.29, 1.82) is 0 Å². The van der Waals surface area contributed by atoms with Crippen LogP contribution in [0.5, 0.6) is 11.5 Å². The van der Waals surface area contributed by atoms with Crippen molar-refractivity contribution >= 4 is 11.7 Å². The number of hydrogen-bond donors (Lipinski definition) is 2. The van der Waals surface area contributed by atoms with E-state index >= 15 is 0 Å². The average Bonchev–Trinajstić information content (AvgIpc) is 2.97. The van der Waals surface area contributed by atoms with Crippen LogP contribution in [0.1, 0.15) is 18.5 Å². The lowest BCUT2D eigenvalue weighted by Crippen LogP contribution is -3.14. The van der Waals surface area contributed by atoms with Gasteiger partial charge >= 0.3 is 0 Å². The number of ketones is 1. The smallest absolute Gasteiger partial charge is 0.290 e. The number of nitrogens with one attached hydrogen (secondary N) is 1. The van der Waals surface area contributed by atoms with Gasteiger partial charge in [-0.3, -0.25) is 9.59 Å². The number of methoxy groups -OCH3 is 2. The van der Waals surface area contributed by atoms with E-state index in [4.69, 9.17) is 14.2 Å². The second-order valence-electron chi connectivity index (χ2n) is 6.95. The number of rotatable bonds is 7. The van der Waals surface area contributed by atoms with E-state index < -0.39 is 17.7 Å². The first-order chi connectivity index (χ1) is 13.5. The molecular formula is C20H27N2O6+. The fraction of sp³-hybridized carbons (Fsp3) is 0.500. The number of aliphatic hydroxyl groups is 1. The minimum absolute atomic E-state index is 0.120. The van der Waals surface area contributed by atoms with Crippen LogP contribution in [0.25, 0.3) is 0 Å². The molecule has 2 N–H and O–H groups in total. The van der Waals surface area contributed by atoms with Crippen molar-refractivity contribution in [3.05, 3.63) is 35.1 Å². The molecule has 0 aromatic heterocycles. The Balaban J connectivity index is 1.92. The maximum atomic E-state index is 12.7. The molecule has 28 heavy (non-hydrogen) atoms. The number of ether oxygens (including phenoxy) is 3. The molecule has 1 saturated heterocycles. The topological polar surface area (TPSA) is 89.7 Å². The van der Waals surface area contributed by atoms with E-state index in [9.17, 15) is 14.7 Å². The second-order valence-corrected chi connectivity index (χ2v) is 6.95. The predicted octanol–water partition coefficient (Wildman–Crippen LogP) is -0.0967. The zero-order valence-corrected chi connectivity index (χ0v) is 16.5. The Morgan fingerprint density at radius 1 is 1.25 bits per heavy atom. The lowest BCUT2D eigenvalue weighted by molar-refractivity contribution is -0.907. The molecule has 2 heterocycles. The molecule has 0 saturated carbocycles. The Morgan fingerprint density at radius 2 is 1.93 bits per heavy atom. The summed E-state index contributed by atoms with van der Waals surface area (Å²) in [6.07, 6.45) is 0. The zero-order chi connectivity index (χ0) is 20.3. The van der Waals surface area contributed by atoms with Crippen molar-refractivity contribution in [2.75, 3.05) is 53.6 Å². The highest BCUT2D eigenvalue weighted by molar-refractivity contribution is 6.08. The van der Waals surface area contributed by atoms with E-state index in [1.807, 2.05) is 0 Å². The van der Waals surface area contributed by atoms with Crippen molar-refractivity contribution in [1.82, 2.24) is 4.90 Å². The van der Waals surface area contributed by atoms with Crippen molar-refractivity contribution in [3.8, 4) is 11.5 Å². The molecule has 0 unspecified atom stereocenters. The lowest BCUT2D eigenvalue weighted by Gasteiger charge is -2.30. The first-order valence-corrected chi connectivity index (χ1v) is 9.36. The average molecular weight is 391 g/mol. The van der Waals surface area contributed by atoms with Crippen molar-refractivity contribution in [3.63, 3.8) is 0 Å². The standard InChI is InChI=1S/C20H26N2O6/c1-13(23)17-18(14-4-5-15(26-2)16(12-14)27-3)22(20(25)19(17)24)7-6-21-8-10-28-11-9-21/h4-5,12,18,24H,6-11H2,1-3H3/p+1/t18-/m0/s1. The van der Waals surface area contributed by atoms with Gasteiger partial charge in [0.05, 0.1) is 52.1 Å². The van der Waals surface area contributed by atoms with Crippen LogP contribution in [-0.2, 0) is 14.3 Å². The third kappa shape index (κ3) is 3.83. The first-order valence-electron chi connectivity index (χ1n) is 9.36. The van der Waals surface area contributed by atoms with Crippen LogP contribution >= 0.6 is 0 Å². The quantitative estimate of drug-likeness (QED) is 0.675. The molecule has 3 rings (SSSR count). The van der Waals surface area contributed by atoms with Crippen LogP contribution < -0.4 is 14.4 Å². The van der Waals surface area contributed by atoms with Gasteiger partial charge in [-0.1, -0.05) is 6.07 Å². The van der Waals surface area contributed by atoms with Gasteiger partial charge in [-0.2, -0.15) is 0 Å². The summed E-state index contributed by atoms with van der Waals surface area (Å²) in [5.74, 6) is -0.258. The molecule has 0 spiro atoms. The summed E-state index contributed by atoms with van der Waals surface area (Å²) >= 11 is 0. The van der Waals surface area contributed by atoms with Gasteiger partial charge in [0, 0.05) is 0 Å². The Kier molecular flexibility index (Phi) is 6.21. The highest BCUT2D eigenvalue weighted by Crippen LogP contribution is 2.40. The van der Waals surface area contributed by atoms with Crippen LogP contribution in [0.15, 0.2) is 29.5 Å². The summed E-state index contributed by atoms with van der Waals surface area (Å²) in [5, 5.41) is 10.4. The monoisotopic (exact) mass is 391 g/mol. The van der Waals surface area contributed by atoms with Crippen LogP contribution in [0.4, 0.5) is 0 Å². The van der Waals surface area contributed by atoms with Crippen molar-refractivity contribution in [2.45, 2.75) is 13.0 Å². The van der Waals surface area contributed by atoms with E-state index in [0.717, 1.165) is 19.6 Å². The molecule has 0 bridgehead atoms. The summed E-state index contributed by atoms with van der Waals surface area (Å²) in [5.41, 5.74) is 0.812. The minimum Gasteiger partial charge on any atom is -0.503 e. The fourth-order valence-corrected chi connectivity index (χ4v) is 3.80. The van der Waals surface area contributed by atoms with Crippen LogP contribution in [0.3, 0.4) is 0 Å². The molecule has 0 radical (unpaired) electrons. The predicted molar refractivity (Wildman–Crippen MR) is 101 cm³/mol. The van der Waals surface area contributed by atoms with E-state index in [1.54, 1.807) is 30.2 Å². The van der Waals surface area contributed by atoms with Crippen LogP contribution in [0, 0.1) is 0 Å². The molecule has 8 nitrogen and oxygen atoms in total. The lowest BCUT2D eigenvalue weighted by atomic mass is 9.96. The third-order valence-electron chi connectivity index (χ3n) is 5.31. The molecule has 152 valence electrons. The maximum absolute atomic E-state index is 12.7. The maximum Gasteiger partial charge on any atom is 0.290 e. The Bertz CT molecular complexity index is 785. The second kappa shape index (κ2) is 8.62. The summed E-state index contributed by atoms with van der Waals surface area (Å²) in [7, 11) is 3.07. The minimum atomic E-state index is -0.648. The molecule has 1 amide bonds. The molecule has 2 aliphatic rings. The number of benzene rings is 1. The number of carbonyl (C=O) groups excluding carboxylic acids is 2. The van der Waals surface area contributed by atoms with E-state index in [-0.39, 0.29) is 11.4 Å². The van der Waals surface area contributed by atoms with Gasteiger partial charge in [0.15, 0.2) is 23.0 Å². The number of quaternary nitrogens is 1. The van der Waals surface area contributed by atoms with Crippen molar-refractivity contribution < 1.29 is 33.8 Å². The first kappa shape index (κ1) is 20.2. The highest BCUT2D eigenvalue weighted by Gasteiger charge is 2.43. The van der Waals surface area contributed by atoms with Crippen molar-refractivity contribution in [2.24, 2.45) is 0 Å². The normalized spacial score (nSPS) is 20.6. The Hall–Kier alpha value is -2.58. The number of carbonyl (C=O) groups is 2.